The maximum absolute atomic E-state index is 11.3. The Labute approximate surface area is 93.2 Å². The van der Waals surface area contributed by atoms with Crippen LogP contribution in [0.1, 0.15) is 5.89 Å². The third-order valence-corrected chi connectivity index (χ3v) is 2.12. The van der Waals surface area contributed by atoms with Crippen molar-refractivity contribution < 1.29 is 9.21 Å². The Hall–Kier alpha value is -2.10. The predicted octanol–water partition coefficient (Wildman–Crippen LogP) is 1.93. The molecule has 0 atom stereocenters. The van der Waals surface area contributed by atoms with Gasteiger partial charge in [0.2, 0.25) is 11.8 Å². The Bertz CT molecular complexity index is 508. The molecule has 0 saturated carbocycles. The maximum Gasteiger partial charge on any atom is 0.246 e. The second kappa shape index (κ2) is 4.18. The zero-order chi connectivity index (χ0) is 11.5. The minimum Gasteiger partial charge on any atom is -0.437 e. The van der Waals surface area contributed by atoms with E-state index in [9.17, 15) is 4.79 Å². The fourth-order valence-corrected chi connectivity index (χ4v) is 1.25. The Balaban J connectivity index is 2.25. The fraction of sp³-hybridized carbons (Fsp3) is 0.167. The largest absolute Gasteiger partial charge is 0.437 e. The number of hydrogen-bond acceptors (Lipinski definition) is 3. The van der Waals surface area contributed by atoms with E-state index in [-0.39, 0.29) is 5.91 Å². The standard InChI is InChI=1S/C12H12N2O2/c1-14(2)12(15)8-7-11-13-9-5-3-4-6-10(9)16-11/h3-8H,1-2H3/b8-7+. The molecular formula is C12H12N2O2. The summed E-state index contributed by atoms with van der Waals surface area (Å²) in [7, 11) is 3.39. The van der Waals surface area contributed by atoms with Gasteiger partial charge in [0, 0.05) is 26.2 Å². The Kier molecular flexibility index (Phi) is 2.72. The van der Waals surface area contributed by atoms with Crippen LogP contribution >= 0.6 is 0 Å². The molecule has 0 aliphatic heterocycles. The summed E-state index contributed by atoms with van der Waals surface area (Å²) in [4.78, 5) is 17.0. The summed E-state index contributed by atoms with van der Waals surface area (Å²) in [6, 6.07) is 7.48. The molecule has 4 nitrogen and oxygen atoms in total. The fourth-order valence-electron chi connectivity index (χ4n) is 1.25. The summed E-state index contributed by atoms with van der Waals surface area (Å²) in [5.74, 6) is 0.346. The van der Waals surface area contributed by atoms with E-state index in [1.54, 1.807) is 20.2 Å². The molecule has 0 fully saturated rings. The van der Waals surface area contributed by atoms with Crippen LogP contribution in [-0.2, 0) is 4.79 Å². The van der Waals surface area contributed by atoms with Crippen molar-refractivity contribution in [2.45, 2.75) is 0 Å². The molecule has 1 heterocycles. The first-order valence-corrected chi connectivity index (χ1v) is 4.92. The van der Waals surface area contributed by atoms with E-state index in [0.717, 1.165) is 11.1 Å². The first-order chi connectivity index (χ1) is 7.66. The van der Waals surface area contributed by atoms with E-state index in [4.69, 9.17) is 4.42 Å². The van der Waals surface area contributed by atoms with Crippen LogP contribution in [0.15, 0.2) is 34.8 Å². The molecule has 0 unspecified atom stereocenters. The number of carbonyl (C=O) groups is 1. The summed E-state index contributed by atoms with van der Waals surface area (Å²) in [6.45, 7) is 0. The molecule has 0 aliphatic rings. The normalized spacial score (nSPS) is 11.1. The van der Waals surface area contributed by atoms with Gasteiger partial charge in [-0.05, 0) is 12.1 Å². The summed E-state index contributed by atoms with van der Waals surface area (Å²) in [5.41, 5.74) is 1.51. The smallest absolute Gasteiger partial charge is 0.246 e. The third-order valence-electron chi connectivity index (χ3n) is 2.12. The molecule has 1 amide bonds. The first kappa shape index (κ1) is 10.4. The number of aromatic nitrogens is 1. The molecule has 0 spiro atoms. The molecule has 0 N–H and O–H groups in total. The van der Waals surface area contributed by atoms with Crippen molar-refractivity contribution in [3.8, 4) is 0 Å². The Morgan fingerprint density at radius 3 is 2.81 bits per heavy atom. The topological polar surface area (TPSA) is 46.3 Å². The summed E-state index contributed by atoms with van der Waals surface area (Å²) >= 11 is 0. The highest BCUT2D eigenvalue weighted by Gasteiger charge is 2.02. The van der Waals surface area contributed by atoms with Gasteiger partial charge >= 0.3 is 0 Å². The molecule has 82 valence electrons. The van der Waals surface area contributed by atoms with E-state index in [1.807, 2.05) is 24.3 Å². The van der Waals surface area contributed by atoms with Crippen LogP contribution < -0.4 is 0 Å². The highest BCUT2D eigenvalue weighted by Crippen LogP contribution is 2.15. The van der Waals surface area contributed by atoms with Crippen molar-refractivity contribution in [3.63, 3.8) is 0 Å². The molecule has 0 bridgehead atoms. The average molecular weight is 216 g/mol. The van der Waals surface area contributed by atoms with Gasteiger partial charge in [-0.1, -0.05) is 12.1 Å². The lowest BCUT2D eigenvalue weighted by molar-refractivity contribution is -0.123. The highest BCUT2D eigenvalue weighted by atomic mass is 16.3. The molecule has 0 saturated heterocycles. The number of carbonyl (C=O) groups excluding carboxylic acids is 1. The van der Waals surface area contributed by atoms with Crippen molar-refractivity contribution in [1.82, 2.24) is 9.88 Å². The van der Waals surface area contributed by atoms with Gasteiger partial charge in [-0.25, -0.2) is 4.98 Å². The number of amides is 1. The molecule has 1 aromatic carbocycles. The minimum absolute atomic E-state index is 0.0951. The van der Waals surface area contributed by atoms with Crippen molar-refractivity contribution in [3.05, 3.63) is 36.2 Å². The number of rotatable bonds is 2. The third kappa shape index (κ3) is 2.11. The summed E-state index contributed by atoms with van der Waals surface area (Å²) in [5, 5.41) is 0. The molecule has 4 heteroatoms. The zero-order valence-electron chi connectivity index (χ0n) is 9.18. The van der Waals surface area contributed by atoms with Gasteiger partial charge in [0.25, 0.3) is 0 Å². The van der Waals surface area contributed by atoms with Gasteiger partial charge in [-0.3, -0.25) is 4.79 Å². The van der Waals surface area contributed by atoms with Gasteiger partial charge in [-0.15, -0.1) is 0 Å². The van der Waals surface area contributed by atoms with E-state index >= 15 is 0 Å². The number of likely N-dealkylation sites (N-methyl/N-ethyl adjacent to an activating group) is 1. The minimum atomic E-state index is -0.0951. The number of nitrogens with zero attached hydrogens (tertiary/aromatic N) is 2. The van der Waals surface area contributed by atoms with Crippen LogP contribution in [-0.4, -0.2) is 29.9 Å². The monoisotopic (exact) mass is 216 g/mol. The van der Waals surface area contributed by atoms with E-state index in [2.05, 4.69) is 4.98 Å². The molecule has 1 aromatic heterocycles. The number of oxazole rings is 1. The van der Waals surface area contributed by atoms with Crippen LogP contribution in [0.25, 0.3) is 17.2 Å². The van der Waals surface area contributed by atoms with Crippen molar-refractivity contribution in [1.29, 1.82) is 0 Å². The molecule has 2 rings (SSSR count). The van der Waals surface area contributed by atoms with Crippen LogP contribution in [0.2, 0.25) is 0 Å². The lowest BCUT2D eigenvalue weighted by atomic mass is 10.3. The first-order valence-electron chi connectivity index (χ1n) is 4.92. The molecule has 0 aliphatic carbocycles. The number of fused-ring (bicyclic) bond motifs is 1. The lowest BCUT2D eigenvalue weighted by Gasteiger charge is -2.04. The van der Waals surface area contributed by atoms with Crippen LogP contribution in [0.3, 0.4) is 0 Å². The van der Waals surface area contributed by atoms with Gasteiger partial charge in [0.15, 0.2) is 5.58 Å². The van der Waals surface area contributed by atoms with Gasteiger partial charge in [-0.2, -0.15) is 0 Å². The Morgan fingerprint density at radius 2 is 2.12 bits per heavy atom. The summed E-state index contributed by atoms with van der Waals surface area (Å²) < 4.78 is 5.43. The number of benzene rings is 1. The van der Waals surface area contributed by atoms with Crippen molar-refractivity contribution in [2.24, 2.45) is 0 Å². The van der Waals surface area contributed by atoms with Crippen molar-refractivity contribution >= 4 is 23.1 Å². The molecule has 2 aromatic rings. The Morgan fingerprint density at radius 1 is 1.38 bits per heavy atom. The quantitative estimate of drug-likeness (QED) is 0.720. The second-order valence-corrected chi connectivity index (χ2v) is 3.59. The van der Waals surface area contributed by atoms with Crippen LogP contribution in [0, 0.1) is 0 Å². The van der Waals surface area contributed by atoms with Gasteiger partial charge < -0.3 is 9.32 Å². The number of hydrogen-bond donors (Lipinski definition) is 0. The SMILES string of the molecule is CN(C)C(=O)/C=C/c1nc2ccccc2o1. The summed E-state index contributed by atoms with van der Waals surface area (Å²) in [6.07, 6.45) is 3.01. The van der Waals surface area contributed by atoms with Crippen LogP contribution in [0.5, 0.6) is 0 Å². The van der Waals surface area contributed by atoms with E-state index < -0.39 is 0 Å². The van der Waals surface area contributed by atoms with Gasteiger partial charge in [0.1, 0.15) is 5.52 Å². The molecular weight excluding hydrogens is 204 g/mol. The van der Waals surface area contributed by atoms with Crippen LogP contribution in [0.4, 0.5) is 0 Å². The number of para-hydroxylation sites is 2. The predicted molar refractivity (Wildman–Crippen MR) is 61.7 cm³/mol. The van der Waals surface area contributed by atoms with E-state index in [0.29, 0.717) is 5.89 Å². The molecule has 16 heavy (non-hydrogen) atoms. The second-order valence-electron chi connectivity index (χ2n) is 3.59. The lowest BCUT2D eigenvalue weighted by Crippen LogP contribution is -2.18. The molecule has 0 radical (unpaired) electrons. The zero-order valence-corrected chi connectivity index (χ0v) is 9.18. The maximum atomic E-state index is 11.3. The van der Waals surface area contributed by atoms with E-state index in [1.165, 1.54) is 11.0 Å². The van der Waals surface area contributed by atoms with Gasteiger partial charge in [0.05, 0.1) is 0 Å². The average Bonchev–Trinajstić information content (AvgIpc) is 2.68. The highest BCUT2D eigenvalue weighted by molar-refractivity contribution is 5.91. The van der Waals surface area contributed by atoms with Crippen molar-refractivity contribution in [2.75, 3.05) is 14.1 Å².